The van der Waals surface area contributed by atoms with Crippen molar-refractivity contribution in [3.05, 3.63) is 35.7 Å². The molecule has 7 heteroatoms. The Labute approximate surface area is 153 Å². The van der Waals surface area contributed by atoms with Gasteiger partial charge >= 0.3 is 5.97 Å². The summed E-state index contributed by atoms with van der Waals surface area (Å²) < 4.78 is 15.8. The fourth-order valence-electron chi connectivity index (χ4n) is 3.02. The third-order valence-corrected chi connectivity index (χ3v) is 4.54. The van der Waals surface area contributed by atoms with Crippen LogP contribution >= 0.6 is 0 Å². The van der Waals surface area contributed by atoms with Gasteiger partial charge < -0.3 is 14.0 Å². The van der Waals surface area contributed by atoms with Crippen molar-refractivity contribution in [1.82, 2.24) is 15.0 Å². The molecule has 0 spiro atoms. The molecule has 0 radical (unpaired) electrons. The van der Waals surface area contributed by atoms with Gasteiger partial charge in [-0.1, -0.05) is 17.3 Å². The van der Waals surface area contributed by atoms with E-state index in [2.05, 4.69) is 15.0 Å². The second-order valence-corrected chi connectivity index (χ2v) is 6.60. The lowest BCUT2D eigenvalue weighted by atomic mass is 10.1. The van der Waals surface area contributed by atoms with Gasteiger partial charge in [0.2, 0.25) is 11.7 Å². The third kappa shape index (κ3) is 4.89. The molecule has 0 unspecified atom stereocenters. The van der Waals surface area contributed by atoms with Gasteiger partial charge in [0, 0.05) is 18.7 Å². The molecule has 0 amide bonds. The van der Waals surface area contributed by atoms with E-state index >= 15 is 0 Å². The number of hydrogen-bond acceptors (Lipinski definition) is 7. The molecule has 140 valence electrons. The van der Waals surface area contributed by atoms with E-state index in [0.29, 0.717) is 29.9 Å². The van der Waals surface area contributed by atoms with Gasteiger partial charge in [-0.05, 0) is 44.9 Å². The summed E-state index contributed by atoms with van der Waals surface area (Å²) in [4.78, 5) is 18.1. The largest absolute Gasteiger partial charge is 0.465 e. The predicted octanol–water partition coefficient (Wildman–Crippen LogP) is 2.91. The summed E-state index contributed by atoms with van der Waals surface area (Å²) in [6.45, 7) is 2.41. The molecule has 1 saturated heterocycles. The number of carbonyl (C=O) groups excluding carboxylic acids is 1. The molecule has 1 atom stereocenters. The van der Waals surface area contributed by atoms with Gasteiger partial charge in [-0.3, -0.25) is 4.90 Å². The normalized spacial score (nSPS) is 17.4. The average molecular weight is 359 g/mol. The molecule has 2 aromatic rings. The second-order valence-electron chi connectivity index (χ2n) is 6.60. The molecule has 1 fully saturated rings. The number of hydrogen-bond donors (Lipinski definition) is 0. The van der Waals surface area contributed by atoms with Crippen molar-refractivity contribution >= 4 is 5.97 Å². The van der Waals surface area contributed by atoms with Crippen molar-refractivity contribution in [3.63, 3.8) is 0 Å². The summed E-state index contributed by atoms with van der Waals surface area (Å²) in [5.41, 5.74) is 1.29. The molecule has 1 aliphatic rings. The molecular formula is C19H25N3O4. The quantitative estimate of drug-likeness (QED) is 0.703. The SMILES string of the molecule is COC(=O)c1ccc(-c2noc(CN(C)CC[C@H]3CCCCO3)n2)cc1. The molecule has 3 rings (SSSR count). The van der Waals surface area contributed by atoms with Gasteiger partial charge in [0.05, 0.1) is 25.3 Å². The van der Waals surface area contributed by atoms with Crippen LogP contribution in [0.25, 0.3) is 11.4 Å². The van der Waals surface area contributed by atoms with E-state index in [0.717, 1.165) is 31.6 Å². The van der Waals surface area contributed by atoms with Crippen molar-refractivity contribution in [2.45, 2.75) is 38.3 Å². The first kappa shape index (κ1) is 18.5. The van der Waals surface area contributed by atoms with Crippen molar-refractivity contribution < 1.29 is 18.8 Å². The first-order valence-electron chi connectivity index (χ1n) is 8.97. The number of esters is 1. The van der Waals surface area contributed by atoms with Crippen LogP contribution in [0.1, 0.15) is 41.9 Å². The monoisotopic (exact) mass is 359 g/mol. The van der Waals surface area contributed by atoms with Crippen molar-refractivity contribution in [2.24, 2.45) is 0 Å². The van der Waals surface area contributed by atoms with Crippen LogP contribution in [0.2, 0.25) is 0 Å². The van der Waals surface area contributed by atoms with E-state index in [1.54, 1.807) is 24.3 Å². The summed E-state index contributed by atoms with van der Waals surface area (Å²) in [7, 11) is 3.40. The van der Waals surface area contributed by atoms with Crippen molar-refractivity contribution in [2.75, 3.05) is 27.3 Å². The lowest BCUT2D eigenvalue weighted by Gasteiger charge is -2.24. The Bertz CT molecular complexity index is 708. The minimum absolute atomic E-state index is 0.367. The van der Waals surface area contributed by atoms with Crippen molar-refractivity contribution in [1.29, 1.82) is 0 Å². The Balaban J connectivity index is 1.53. The number of ether oxygens (including phenoxy) is 2. The Morgan fingerprint density at radius 1 is 1.31 bits per heavy atom. The summed E-state index contributed by atoms with van der Waals surface area (Å²) >= 11 is 0. The van der Waals surface area contributed by atoms with E-state index < -0.39 is 0 Å². The topological polar surface area (TPSA) is 77.7 Å². The minimum Gasteiger partial charge on any atom is -0.465 e. The van der Waals surface area contributed by atoms with Gasteiger partial charge in [-0.25, -0.2) is 4.79 Å². The Morgan fingerprint density at radius 3 is 2.81 bits per heavy atom. The fraction of sp³-hybridized carbons (Fsp3) is 0.526. The maximum atomic E-state index is 11.5. The van der Waals surface area contributed by atoms with E-state index in [-0.39, 0.29) is 5.97 Å². The predicted molar refractivity (Wildman–Crippen MR) is 95.6 cm³/mol. The third-order valence-electron chi connectivity index (χ3n) is 4.54. The molecule has 0 bridgehead atoms. The zero-order valence-electron chi connectivity index (χ0n) is 15.3. The summed E-state index contributed by atoms with van der Waals surface area (Å²) in [6, 6.07) is 6.94. The molecule has 2 heterocycles. The molecule has 26 heavy (non-hydrogen) atoms. The highest BCUT2D eigenvalue weighted by Gasteiger charge is 2.16. The van der Waals surface area contributed by atoms with E-state index in [9.17, 15) is 4.79 Å². The molecule has 0 saturated carbocycles. The van der Waals surface area contributed by atoms with Crippen LogP contribution in [0.4, 0.5) is 0 Å². The van der Waals surface area contributed by atoms with Crippen molar-refractivity contribution in [3.8, 4) is 11.4 Å². The maximum Gasteiger partial charge on any atom is 0.337 e. The molecule has 7 nitrogen and oxygen atoms in total. The Kier molecular flexibility index (Phi) is 6.35. The fourth-order valence-corrected chi connectivity index (χ4v) is 3.02. The highest BCUT2D eigenvalue weighted by atomic mass is 16.5. The lowest BCUT2D eigenvalue weighted by molar-refractivity contribution is 0.00602. The Hall–Kier alpha value is -2.25. The minimum atomic E-state index is -0.367. The number of aromatic nitrogens is 2. The molecule has 1 aliphatic heterocycles. The molecule has 1 aromatic carbocycles. The molecular weight excluding hydrogens is 334 g/mol. The van der Waals surface area contributed by atoms with Gasteiger partial charge in [0.25, 0.3) is 0 Å². The summed E-state index contributed by atoms with van der Waals surface area (Å²) in [5.74, 6) is 0.721. The van der Waals surface area contributed by atoms with Crippen LogP contribution in [0, 0.1) is 0 Å². The van der Waals surface area contributed by atoms with Crippen LogP contribution in [0.5, 0.6) is 0 Å². The van der Waals surface area contributed by atoms with Gasteiger partial charge in [-0.15, -0.1) is 0 Å². The summed E-state index contributed by atoms with van der Waals surface area (Å²) in [5, 5.41) is 4.03. The second kappa shape index (κ2) is 8.91. The van der Waals surface area contributed by atoms with Gasteiger partial charge in [-0.2, -0.15) is 4.98 Å². The molecule has 0 N–H and O–H groups in total. The van der Waals surface area contributed by atoms with Crippen LogP contribution in [-0.4, -0.2) is 54.4 Å². The number of nitrogens with zero attached hydrogens (tertiary/aromatic N) is 3. The lowest BCUT2D eigenvalue weighted by Crippen LogP contribution is -2.26. The molecule has 0 aliphatic carbocycles. The number of methoxy groups -OCH3 is 1. The van der Waals surface area contributed by atoms with E-state index in [1.807, 2.05) is 7.05 Å². The standard InChI is InChI=1S/C19H25N3O4/c1-22(11-10-16-5-3-4-12-25-16)13-17-20-18(21-26-17)14-6-8-15(9-7-14)19(23)24-2/h6-9,16H,3-5,10-13H2,1-2H3/t16-/m1/s1. The number of benzene rings is 1. The Morgan fingerprint density at radius 2 is 2.12 bits per heavy atom. The molecule has 1 aromatic heterocycles. The van der Waals surface area contributed by atoms with Crippen LogP contribution < -0.4 is 0 Å². The van der Waals surface area contributed by atoms with Crippen LogP contribution in [-0.2, 0) is 16.0 Å². The average Bonchev–Trinajstić information content (AvgIpc) is 3.15. The zero-order valence-corrected chi connectivity index (χ0v) is 15.3. The van der Waals surface area contributed by atoms with Gasteiger partial charge in [0.15, 0.2) is 0 Å². The smallest absolute Gasteiger partial charge is 0.337 e. The van der Waals surface area contributed by atoms with E-state index in [4.69, 9.17) is 14.0 Å². The van der Waals surface area contributed by atoms with Crippen LogP contribution in [0.3, 0.4) is 0 Å². The van der Waals surface area contributed by atoms with Crippen LogP contribution in [0.15, 0.2) is 28.8 Å². The first-order valence-corrected chi connectivity index (χ1v) is 8.97. The first-order chi connectivity index (χ1) is 12.7. The number of carbonyl (C=O) groups is 1. The highest BCUT2D eigenvalue weighted by molar-refractivity contribution is 5.89. The maximum absolute atomic E-state index is 11.5. The number of rotatable bonds is 7. The van der Waals surface area contributed by atoms with Gasteiger partial charge in [0.1, 0.15) is 0 Å². The zero-order chi connectivity index (χ0) is 18.4. The summed E-state index contributed by atoms with van der Waals surface area (Å²) in [6.07, 6.45) is 4.98. The highest BCUT2D eigenvalue weighted by Crippen LogP contribution is 2.18. The van der Waals surface area contributed by atoms with E-state index in [1.165, 1.54) is 20.0 Å².